The number of hydrogen-bond acceptors (Lipinski definition) is 5. The lowest BCUT2D eigenvalue weighted by atomic mass is 10.0. The van der Waals surface area contributed by atoms with E-state index in [1.807, 2.05) is 42.5 Å². The fraction of sp³-hybridized carbons (Fsp3) is 0.304. The van der Waals surface area contributed by atoms with Crippen LogP contribution in [0.2, 0.25) is 5.02 Å². The third-order valence-corrected chi connectivity index (χ3v) is 6.37. The number of benzene rings is 2. The Morgan fingerprint density at radius 3 is 2.55 bits per heavy atom. The van der Waals surface area contributed by atoms with Crippen molar-refractivity contribution in [3.8, 4) is 23.0 Å². The van der Waals surface area contributed by atoms with E-state index in [4.69, 9.17) is 26.3 Å². The Balaban J connectivity index is 1.68. The summed E-state index contributed by atoms with van der Waals surface area (Å²) in [5.74, 6) is 3.19. The molecular formula is C23H24ClN3OS. The predicted octanol–water partition coefficient (Wildman–Crippen LogP) is 5.93. The summed E-state index contributed by atoms with van der Waals surface area (Å²) >= 11 is 7.84. The Morgan fingerprint density at radius 1 is 1.03 bits per heavy atom. The molecule has 150 valence electrons. The van der Waals surface area contributed by atoms with Crippen LogP contribution in [0.5, 0.6) is 11.6 Å². The Bertz CT molecular complexity index is 990. The molecule has 0 radical (unpaired) electrons. The first-order valence-electron chi connectivity index (χ1n) is 9.95. The van der Waals surface area contributed by atoms with Gasteiger partial charge in [0, 0.05) is 29.3 Å². The largest absolute Gasteiger partial charge is 0.438 e. The zero-order valence-electron chi connectivity index (χ0n) is 16.7. The molecule has 3 aromatic rings. The van der Waals surface area contributed by atoms with Crippen LogP contribution in [-0.2, 0) is 6.42 Å². The molecule has 0 bridgehead atoms. The molecule has 0 saturated carbocycles. The zero-order chi connectivity index (χ0) is 20.2. The minimum Gasteiger partial charge on any atom is -0.438 e. The van der Waals surface area contributed by atoms with Crippen LogP contribution in [-0.4, -0.2) is 40.3 Å². The van der Waals surface area contributed by atoms with Gasteiger partial charge in [0.15, 0.2) is 5.82 Å². The van der Waals surface area contributed by atoms with Gasteiger partial charge in [0.05, 0.1) is 5.56 Å². The van der Waals surface area contributed by atoms with E-state index in [-0.39, 0.29) is 0 Å². The van der Waals surface area contributed by atoms with E-state index in [9.17, 15) is 0 Å². The van der Waals surface area contributed by atoms with Gasteiger partial charge < -0.3 is 9.64 Å². The molecular weight excluding hydrogens is 402 g/mol. The van der Waals surface area contributed by atoms with Gasteiger partial charge in [0.25, 0.3) is 0 Å². The number of halogens is 1. The molecule has 29 heavy (non-hydrogen) atoms. The van der Waals surface area contributed by atoms with Crippen LogP contribution in [0, 0.1) is 0 Å². The summed E-state index contributed by atoms with van der Waals surface area (Å²) < 4.78 is 6.17. The quantitative estimate of drug-likeness (QED) is 0.271. The average Bonchev–Trinajstić information content (AvgIpc) is 2.75. The van der Waals surface area contributed by atoms with Gasteiger partial charge in [-0.3, -0.25) is 0 Å². The van der Waals surface area contributed by atoms with Crippen LogP contribution >= 0.6 is 23.4 Å². The summed E-state index contributed by atoms with van der Waals surface area (Å²) in [4.78, 5) is 12.1. The van der Waals surface area contributed by atoms with Crippen molar-refractivity contribution in [2.75, 3.05) is 25.4 Å². The molecule has 0 N–H and O–H groups in total. The topological polar surface area (TPSA) is 38.2 Å². The van der Waals surface area contributed by atoms with Gasteiger partial charge in [-0.25, -0.2) is 4.98 Å². The second kappa shape index (κ2) is 9.16. The Morgan fingerprint density at radius 2 is 1.79 bits per heavy atom. The minimum atomic E-state index is 0.661. The van der Waals surface area contributed by atoms with Crippen molar-refractivity contribution in [1.29, 1.82) is 0 Å². The van der Waals surface area contributed by atoms with E-state index in [2.05, 4.69) is 24.8 Å². The summed E-state index contributed by atoms with van der Waals surface area (Å²) in [5.41, 5.74) is 3.18. The Hall–Kier alpha value is -2.08. The van der Waals surface area contributed by atoms with Gasteiger partial charge in [-0.05, 0) is 49.0 Å². The van der Waals surface area contributed by atoms with Gasteiger partial charge in [0.2, 0.25) is 5.88 Å². The maximum atomic E-state index is 6.17. The molecule has 0 saturated heterocycles. The summed E-state index contributed by atoms with van der Waals surface area (Å²) in [6.07, 6.45) is 0.792. The van der Waals surface area contributed by atoms with Crippen molar-refractivity contribution in [3.05, 3.63) is 64.7 Å². The van der Waals surface area contributed by atoms with Crippen LogP contribution in [0.15, 0.2) is 53.6 Å². The number of nitrogens with zero attached hydrogens (tertiary/aromatic N) is 3. The third-order valence-electron chi connectivity index (χ3n) is 5.12. The van der Waals surface area contributed by atoms with Gasteiger partial charge >= 0.3 is 0 Å². The van der Waals surface area contributed by atoms with Crippen LogP contribution in [0.1, 0.15) is 25.0 Å². The second-order valence-corrected chi connectivity index (χ2v) is 8.42. The Kier molecular flexibility index (Phi) is 6.38. The first-order valence-corrected chi connectivity index (χ1v) is 11.3. The zero-order valence-corrected chi connectivity index (χ0v) is 18.3. The highest BCUT2D eigenvalue weighted by molar-refractivity contribution is 7.99. The summed E-state index contributed by atoms with van der Waals surface area (Å²) in [5, 5.41) is 1.70. The highest BCUT2D eigenvalue weighted by Crippen LogP contribution is 2.40. The number of ether oxygens (including phenoxy) is 1. The summed E-state index contributed by atoms with van der Waals surface area (Å²) in [6.45, 7) is 7.55. The molecule has 1 aromatic heterocycles. The van der Waals surface area contributed by atoms with Crippen LogP contribution < -0.4 is 4.74 Å². The van der Waals surface area contributed by atoms with Crippen molar-refractivity contribution in [1.82, 2.24) is 14.9 Å². The van der Waals surface area contributed by atoms with Crippen molar-refractivity contribution in [3.63, 3.8) is 0 Å². The number of aromatic nitrogens is 2. The second-order valence-electron chi connectivity index (χ2n) is 6.90. The Labute approximate surface area is 181 Å². The first kappa shape index (κ1) is 20.2. The molecule has 0 aliphatic carbocycles. The summed E-state index contributed by atoms with van der Waals surface area (Å²) in [7, 11) is 0. The minimum absolute atomic E-state index is 0.661. The van der Waals surface area contributed by atoms with Gasteiger partial charge in [-0.15, -0.1) is 11.8 Å². The van der Waals surface area contributed by atoms with E-state index in [0.29, 0.717) is 16.7 Å². The SMILES string of the molecule is CCN(CC)CCSc1nc(-c2ccc(Cl)cc2)nc2c1Cc1ccccc1O2. The molecule has 4 rings (SSSR count). The molecule has 1 aliphatic heterocycles. The molecule has 0 unspecified atom stereocenters. The van der Waals surface area contributed by atoms with E-state index in [1.54, 1.807) is 11.8 Å². The first-order chi connectivity index (χ1) is 14.2. The number of rotatable bonds is 7. The maximum absolute atomic E-state index is 6.17. The molecule has 2 heterocycles. The highest BCUT2D eigenvalue weighted by atomic mass is 35.5. The van der Waals surface area contributed by atoms with Crippen molar-refractivity contribution < 1.29 is 4.74 Å². The van der Waals surface area contributed by atoms with Crippen LogP contribution in [0.3, 0.4) is 0 Å². The third kappa shape index (κ3) is 4.58. The lowest BCUT2D eigenvalue weighted by Crippen LogP contribution is -2.25. The maximum Gasteiger partial charge on any atom is 0.227 e. The standard InChI is InChI=1S/C23H24ClN3OS/c1-3-27(4-2)13-14-29-23-19-15-17-7-5-6-8-20(17)28-22(19)25-21(26-23)16-9-11-18(24)12-10-16/h5-12H,3-4,13-15H2,1-2H3. The van der Waals surface area contributed by atoms with Gasteiger partial charge in [0.1, 0.15) is 10.8 Å². The normalized spacial score (nSPS) is 12.4. The van der Waals surface area contributed by atoms with Crippen LogP contribution in [0.4, 0.5) is 0 Å². The number of hydrogen-bond donors (Lipinski definition) is 0. The number of thioether (sulfide) groups is 1. The molecule has 2 aromatic carbocycles. The van der Waals surface area contributed by atoms with Crippen molar-refractivity contribution in [2.24, 2.45) is 0 Å². The number of para-hydroxylation sites is 1. The number of fused-ring (bicyclic) bond motifs is 2. The monoisotopic (exact) mass is 425 g/mol. The smallest absolute Gasteiger partial charge is 0.227 e. The van der Waals surface area contributed by atoms with E-state index in [0.717, 1.165) is 53.7 Å². The lowest BCUT2D eigenvalue weighted by Gasteiger charge is -2.22. The summed E-state index contributed by atoms with van der Waals surface area (Å²) in [6, 6.07) is 15.8. The van der Waals surface area contributed by atoms with Crippen molar-refractivity contribution in [2.45, 2.75) is 25.3 Å². The molecule has 0 fully saturated rings. The fourth-order valence-electron chi connectivity index (χ4n) is 3.38. The van der Waals surface area contributed by atoms with Crippen LogP contribution in [0.25, 0.3) is 11.4 Å². The van der Waals surface area contributed by atoms with E-state index >= 15 is 0 Å². The van der Waals surface area contributed by atoms with Gasteiger partial charge in [-0.2, -0.15) is 4.98 Å². The molecule has 6 heteroatoms. The highest BCUT2D eigenvalue weighted by Gasteiger charge is 2.24. The lowest BCUT2D eigenvalue weighted by molar-refractivity contribution is 0.324. The fourth-order valence-corrected chi connectivity index (χ4v) is 4.54. The molecule has 4 nitrogen and oxygen atoms in total. The van der Waals surface area contributed by atoms with E-state index < -0.39 is 0 Å². The molecule has 0 atom stereocenters. The van der Waals surface area contributed by atoms with E-state index in [1.165, 1.54) is 5.56 Å². The molecule has 0 amide bonds. The average molecular weight is 426 g/mol. The van der Waals surface area contributed by atoms with Gasteiger partial charge in [-0.1, -0.05) is 43.6 Å². The molecule has 0 spiro atoms. The molecule has 1 aliphatic rings. The predicted molar refractivity (Wildman–Crippen MR) is 120 cm³/mol. The van der Waals surface area contributed by atoms with Crippen molar-refractivity contribution >= 4 is 23.4 Å².